The molecule has 0 fully saturated rings. The predicted octanol–water partition coefficient (Wildman–Crippen LogP) is 3.28. The summed E-state index contributed by atoms with van der Waals surface area (Å²) in [6.45, 7) is 0. The average Bonchev–Trinajstić information content (AvgIpc) is 2.87. The normalized spacial score (nSPS) is 8.94. The average molecular weight is 374 g/mol. The Morgan fingerprint density at radius 3 is 2.67 bits per heavy atom. The fourth-order valence-corrected chi connectivity index (χ4v) is 2.03. The van der Waals surface area contributed by atoms with E-state index in [1.165, 1.54) is 6.26 Å². The number of furan rings is 1. The molecular weight excluding hydrogens is 368 g/mol. The molecule has 0 spiro atoms. The van der Waals surface area contributed by atoms with E-state index in [2.05, 4.69) is 41.3 Å². The van der Waals surface area contributed by atoms with Crippen LogP contribution in [0.25, 0.3) is 0 Å². The van der Waals surface area contributed by atoms with Crippen molar-refractivity contribution in [3.63, 3.8) is 0 Å². The minimum absolute atomic E-state index is 0.00579. The molecule has 2 aromatic heterocycles. The van der Waals surface area contributed by atoms with E-state index in [0.717, 1.165) is 0 Å². The van der Waals surface area contributed by atoms with Gasteiger partial charge >= 0.3 is 0 Å². The van der Waals surface area contributed by atoms with Crippen molar-refractivity contribution < 1.29 is 14.3 Å². The molecule has 0 radical (unpaired) electrons. The van der Waals surface area contributed by atoms with Crippen molar-refractivity contribution in [2.45, 2.75) is 0 Å². The molecule has 0 aliphatic rings. The Balaban J connectivity index is 0.000000199. The number of aromatic hydroxyl groups is 1. The number of carbonyl (C=O) groups is 1. The summed E-state index contributed by atoms with van der Waals surface area (Å²) in [5.41, 5.74) is 0.00579. The molecule has 0 bridgehead atoms. The number of carbonyl (C=O) groups excluding carboxylic acids is 1. The van der Waals surface area contributed by atoms with Crippen LogP contribution in [0.1, 0.15) is 16.2 Å². The molecule has 0 saturated heterocycles. The smallest absolute Gasteiger partial charge is 0.185 e. The fraction of sp³-hybridized carbons (Fsp3) is 0. The van der Waals surface area contributed by atoms with Crippen molar-refractivity contribution in [1.29, 1.82) is 5.26 Å². The molecule has 0 amide bonds. The topological polar surface area (TPSA) is 87.1 Å². The summed E-state index contributed by atoms with van der Waals surface area (Å²) in [5.74, 6) is 0.246. The van der Waals surface area contributed by atoms with E-state index in [1.54, 1.807) is 24.3 Å². The van der Waals surface area contributed by atoms with Gasteiger partial charge in [0.05, 0.1) is 10.7 Å². The van der Waals surface area contributed by atoms with Crippen LogP contribution >= 0.6 is 31.9 Å². The SMILES string of the molecule is N#Cc1nc(Br)cc(Br)c1O.O=Cc1ccco1. The summed E-state index contributed by atoms with van der Waals surface area (Å²) in [6.07, 6.45) is 2.13. The molecule has 92 valence electrons. The van der Waals surface area contributed by atoms with Gasteiger partial charge < -0.3 is 9.52 Å². The van der Waals surface area contributed by atoms with E-state index in [9.17, 15) is 4.79 Å². The largest absolute Gasteiger partial charge is 0.504 e. The van der Waals surface area contributed by atoms with Crippen LogP contribution in [-0.2, 0) is 0 Å². The standard InChI is InChI=1S/C6H2Br2N2O.C5H4O2/c7-3-1-5(8)10-4(2-9)6(3)11;6-4-5-2-1-3-7-5/h1,11H;1-4H. The molecule has 2 heterocycles. The first-order chi connectivity index (χ1) is 8.58. The maximum Gasteiger partial charge on any atom is 0.185 e. The second-order valence-corrected chi connectivity index (χ2v) is 4.54. The summed E-state index contributed by atoms with van der Waals surface area (Å²) in [5, 5.41) is 17.6. The molecule has 2 aromatic rings. The van der Waals surface area contributed by atoms with Gasteiger partial charge in [-0.3, -0.25) is 4.79 Å². The molecule has 0 aliphatic carbocycles. The third kappa shape index (κ3) is 3.98. The van der Waals surface area contributed by atoms with Crippen LogP contribution in [0.2, 0.25) is 0 Å². The number of aromatic nitrogens is 1. The van der Waals surface area contributed by atoms with Crippen molar-refractivity contribution in [2.75, 3.05) is 0 Å². The van der Waals surface area contributed by atoms with Crippen LogP contribution in [0.15, 0.2) is 38.0 Å². The predicted molar refractivity (Wildman–Crippen MR) is 70.1 cm³/mol. The van der Waals surface area contributed by atoms with Gasteiger partial charge in [-0.15, -0.1) is 0 Å². The van der Waals surface area contributed by atoms with Crippen LogP contribution in [0, 0.1) is 11.3 Å². The summed E-state index contributed by atoms with van der Waals surface area (Å²) in [4.78, 5) is 13.5. The second-order valence-electron chi connectivity index (χ2n) is 2.87. The highest BCUT2D eigenvalue weighted by Gasteiger charge is 2.07. The zero-order valence-electron chi connectivity index (χ0n) is 8.80. The lowest BCUT2D eigenvalue weighted by Gasteiger charge is -1.97. The third-order valence-electron chi connectivity index (χ3n) is 1.68. The molecule has 5 nitrogen and oxygen atoms in total. The molecule has 2 rings (SSSR count). The van der Waals surface area contributed by atoms with Crippen LogP contribution in [-0.4, -0.2) is 16.4 Å². The van der Waals surface area contributed by atoms with E-state index >= 15 is 0 Å². The van der Waals surface area contributed by atoms with Gasteiger partial charge in [-0.25, -0.2) is 4.98 Å². The molecule has 7 heteroatoms. The van der Waals surface area contributed by atoms with E-state index in [1.807, 2.05) is 0 Å². The summed E-state index contributed by atoms with van der Waals surface area (Å²) < 4.78 is 5.58. The van der Waals surface area contributed by atoms with Crippen molar-refractivity contribution in [3.05, 3.63) is 45.0 Å². The van der Waals surface area contributed by atoms with E-state index < -0.39 is 0 Å². The number of nitriles is 1. The van der Waals surface area contributed by atoms with Crippen LogP contribution in [0.3, 0.4) is 0 Å². The van der Waals surface area contributed by atoms with Crippen molar-refractivity contribution in [3.8, 4) is 11.8 Å². The number of rotatable bonds is 1. The molecule has 1 N–H and O–H groups in total. The van der Waals surface area contributed by atoms with E-state index in [-0.39, 0.29) is 11.4 Å². The second kappa shape index (κ2) is 6.93. The first-order valence-corrected chi connectivity index (χ1v) is 6.11. The van der Waals surface area contributed by atoms with Crippen molar-refractivity contribution in [2.24, 2.45) is 0 Å². The fourth-order valence-electron chi connectivity index (χ4n) is 0.914. The molecule has 18 heavy (non-hydrogen) atoms. The number of pyridine rings is 1. The lowest BCUT2D eigenvalue weighted by Crippen LogP contribution is -1.85. The third-order valence-corrected chi connectivity index (χ3v) is 2.69. The Bertz CT molecular complexity index is 577. The first-order valence-electron chi connectivity index (χ1n) is 4.52. The van der Waals surface area contributed by atoms with Crippen molar-refractivity contribution >= 4 is 38.1 Å². The molecule has 0 aliphatic heterocycles. The highest BCUT2D eigenvalue weighted by molar-refractivity contribution is 9.11. The van der Waals surface area contributed by atoms with E-state index in [0.29, 0.717) is 21.1 Å². The van der Waals surface area contributed by atoms with Crippen LogP contribution in [0.4, 0.5) is 0 Å². The summed E-state index contributed by atoms with van der Waals surface area (Å²) in [7, 11) is 0. The Labute approximate surface area is 119 Å². The van der Waals surface area contributed by atoms with Gasteiger partial charge in [-0.2, -0.15) is 5.26 Å². The minimum atomic E-state index is -0.129. The van der Waals surface area contributed by atoms with Gasteiger partial charge in [0, 0.05) is 0 Å². The maximum atomic E-state index is 9.77. The number of halogens is 2. The molecule has 0 aromatic carbocycles. The van der Waals surface area contributed by atoms with Gasteiger partial charge in [-0.05, 0) is 50.1 Å². The lowest BCUT2D eigenvalue weighted by molar-refractivity contribution is 0.110. The van der Waals surface area contributed by atoms with Crippen LogP contribution in [0.5, 0.6) is 5.75 Å². The monoisotopic (exact) mass is 372 g/mol. The van der Waals surface area contributed by atoms with Gasteiger partial charge in [0.2, 0.25) is 0 Å². The Kier molecular flexibility index (Phi) is 5.55. The Morgan fingerprint density at radius 1 is 1.50 bits per heavy atom. The van der Waals surface area contributed by atoms with Gasteiger partial charge in [0.1, 0.15) is 10.7 Å². The Morgan fingerprint density at radius 2 is 2.22 bits per heavy atom. The van der Waals surface area contributed by atoms with E-state index in [4.69, 9.17) is 10.4 Å². The molecular formula is C11H6Br2N2O3. The number of nitrogens with zero attached hydrogens (tertiary/aromatic N) is 2. The molecule has 0 atom stereocenters. The van der Waals surface area contributed by atoms with Gasteiger partial charge in [-0.1, -0.05) is 0 Å². The molecule has 0 saturated carbocycles. The Hall–Kier alpha value is -1.65. The molecule has 0 unspecified atom stereocenters. The zero-order valence-corrected chi connectivity index (χ0v) is 12.0. The summed E-state index contributed by atoms with van der Waals surface area (Å²) >= 11 is 6.15. The zero-order chi connectivity index (χ0) is 13.5. The minimum Gasteiger partial charge on any atom is -0.504 e. The van der Waals surface area contributed by atoms with Crippen molar-refractivity contribution in [1.82, 2.24) is 4.98 Å². The number of hydrogen-bond acceptors (Lipinski definition) is 5. The highest BCUT2D eigenvalue weighted by Crippen LogP contribution is 2.28. The summed E-state index contributed by atoms with van der Waals surface area (Å²) in [6, 6.07) is 6.60. The number of hydrogen-bond donors (Lipinski definition) is 1. The maximum absolute atomic E-state index is 9.77. The quantitative estimate of drug-likeness (QED) is 0.612. The van der Waals surface area contributed by atoms with Gasteiger partial charge in [0.15, 0.2) is 23.5 Å². The van der Waals surface area contributed by atoms with Gasteiger partial charge in [0.25, 0.3) is 0 Å². The highest BCUT2D eigenvalue weighted by atomic mass is 79.9. The van der Waals surface area contributed by atoms with Crippen LogP contribution < -0.4 is 0 Å². The first kappa shape index (κ1) is 14.4. The number of aldehydes is 1. The lowest BCUT2D eigenvalue weighted by atomic mass is 10.3.